The summed E-state index contributed by atoms with van der Waals surface area (Å²) in [5.74, 6) is 0.748. The van der Waals surface area contributed by atoms with Gasteiger partial charge in [0.25, 0.3) is 5.56 Å². The number of aromatic nitrogens is 4. The van der Waals surface area contributed by atoms with Crippen LogP contribution in [0.5, 0.6) is 0 Å². The fourth-order valence-corrected chi connectivity index (χ4v) is 4.04. The van der Waals surface area contributed by atoms with Crippen LogP contribution in [0.2, 0.25) is 0 Å². The van der Waals surface area contributed by atoms with E-state index < -0.39 is 0 Å². The number of rotatable bonds is 7. The van der Waals surface area contributed by atoms with E-state index in [9.17, 15) is 9.18 Å². The lowest BCUT2D eigenvalue weighted by Gasteiger charge is -2.12. The molecule has 2 aromatic carbocycles. The van der Waals surface area contributed by atoms with Crippen LogP contribution in [-0.4, -0.2) is 33.4 Å². The minimum Gasteiger partial charge on any atom is -0.383 e. The summed E-state index contributed by atoms with van der Waals surface area (Å²) in [5.41, 5.74) is 1.12. The maximum absolute atomic E-state index is 13.1. The molecule has 0 aliphatic carbocycles. The van der Waals surface area contributed by atoms with Crippen LogP contribution in [0, 0.1) is 5.82 Å². The molecule has 154 valence electrons. The molecule has 4 rings (SSSR count). The first-order valence-corrected chi connectivity index (χ1v) is 10.7. The van der Waals surface area contributed by atoms with E-state index in [0.717, 1.165) is 4.47 Å². The highest BCUT2D eigenvalue weighted by Gasteiger charge is 2.15. The highest BCUT2D eigenvalue weighted by molar-refractivity contribution is 9.10. The first-order chi connectivity index (χ1) is 14.5. The first kappa shape index (κ1) is 20.7. The molecule has 2 heterocycles. The third kappa shape index (κ3) is 4.45. The van der Waals surface area contributed by atoms with E-state index >= 15 is 0 Å². The van der Waals surface area contributed by atoms with Gasteiger partial charge in [0.05, 0.1) is 29.8 Å². The SMILES string of the molecule is COCCn1c(SCc2nc(-c3ccc(F)cc3)no2)nc2ccc(Br)cc2c1=O. The van der Waals surface area contributed by atoms with E-state index in [0.29, 0.717) is 52.2 Å². The lowest BCUT2D eigenvalue weighted by Crippen LogP contribution is -2.25. The number of halogens is 2. The topological polar surface area (TPSA) is 83.0 Å². The number of thioether (sulfide) groups is 1. The van der Waals surface area contributed by atoms with Gasteiger partial charge in [-0.15, -0.1) is 0 Å². The molecule has 10 heteroatoms. The van der Waals surface area contributed by atoms with E-state index in [1.54, 1.807) is 35.9 Å². The van der Waals surface area contributed by atoms with E-state index in [2.05, 4.69) is 31.1 Å². The minimum atomic E-state index is -0.332. The normalized spacial score (nSPS) is 11.3. The van der Waals surface area contributed by atoms with Crippen LogP contribution >= 0.6 is 27.7 Å². The molecule has 0 atom stereocenters. The van der Waals surface area contributed by atoms with Crippen LogP contribution in [-0.2, 0) is 17.0 Å². The van der Waals surface area contributed by atoms with Crippen molar-refractivity contribution in [3.8, 4) is 11.4 Å². The largest absolute Gasteiger partial charge is 0.383 e. The van der Waals surface area contributed by atoms with Gasteiger partial charge in [0.2, 0.25) is 11.7 Å². The van der Waals surface area contributed by atoms with Gasteiger partial charge in [0.15, 0.2) is 5.16 Å². The summed E-state index contributed by atoms with van der Waals surface area (Å²) >= 11 is 4.72. The number of benzene rings is 2. The molecule has 0 amide bonds. The maximum Gasteiger partial charge on any atom is 0.262 e. The summed E-state index contributed by atoms with van der Waals surface area (Å²) in [7, 11) is 1.58. The summed E-state index contributed by atoms with van der Waals surface area (Å²) in [6.45, 7) is 0.752. The third-order valence-corrected chi connectivity index (χ3v) is 5.75. The molecule has 2 aromatic heterocycles. The van der Waals surface area contributed by atoms with Gasteiger partial charge in [-0.3, -0.25) is 9.36 Å². The predicted molar refractivity (Wildman–Crippen MR) is 115 cm³/mol. The standard InChI is InChI=1S/C20H16BrFN4O3S/c1-28-9-8-26-19(27)15-10-13(21)4-7-16(15)23-20(26)30-11-17-24-18(25-29-17)12-2-5-14(22)6-3-12/h2-7,10H,8-9,11H2,1H3. The summed E-state index contributed by atoms with van der Waals surface area (Å²) < 4.78 is 25.9. The van der Waals surface area contributed by atoms with Crippen LogP contribution in [0.1, 0.15) is 5.89 Å². The Balaban J connectivity index is 1.61. The number of ether oxygens (including phenoxy) is 1. The predicted octanol–water partition coefficient (Wildman–Crippen LogP) is 4.29. The average Bonchev–Trinajstić information content (AvgIpc) is 3.22. The van der Waals surface area contributed by atoms with Gasteiger partial charge in [-0.05, 0) is 42.5 Å². The van der Waals surface area contributed by atoms with Gasteiger partial charge in [-0.2, -0.15) is 4.98 Å². The Hall–Kier alpha value is -2.56. The van der Waals surface area contributed by atoms with Crippen molar-refractivity contribution in [2.45, 2.75) is 17.5 Å². The van der Waals surface area contributed by atoms with Crippen molar-refractivity contribution in [2.24, 2.45) is 0 Å². The van der Waals surface area contributed by atoms with Crippen molar-refractivity contribution in [3.63, 3.8) is 0 Å². The molecule has 0 unspecified atom stereocenters. The van der Waals surface area contributed by atoms with Gasteiger partial charge in [0, 0.05) is 17.1 Å². The van der Waals surface area contributed by atoms with Gasteiger partial charge in [-0.1, -0.05) is 32.8 Å². The van der Waals surface area contributed by atoms with Gasteiger partial charge in [-0.25, -0.2) is 9.37 Å². The van der Waals surface area contributed by atoms with E-state index in [1.807, 2.05) is 6.07 Å². The van der Waals surface area contributed by atoms with E-state index in [-0.39, 0.29) is 11.4 Å². The monoisotopic (exact) mass is 490 g/mol. The number of hydrogen-bond acceptors (Lipinski definition) is 7. The minimum absolute atomic E-state index is 0.140. The third-order valence-electron chi connectivity index (χ3n) is 4.30. The fraction of sp³-hybridized carbons (Fsp3) is 0.200. The molecule has 7 nitrogen and oxygen atoms in total. The zero-order valence-electron chi connectivity index (χ0n) is 15.8. The Morgan fingerprint density at radius 2 is 2.00 bits per heavy atom. The molecule has 0 aliphatic heterocycles. The maximum atomic E-state index is 13.1. The number of fused-ring (bicyclic) bond motifs is 1. The Morgan fingerprint density at radius 3 is 2.77 bits per heavy atom. The van der Waals surface area contributed by atoms with Crippen molar-refractivity contribution in [1.29, 1.82) is 0 Å². The average molecular weight is 491 g/mol. The van der Waals surface area contributed by atoms with Gasteiger partial charge in [0.1, 0.15) is 5.82 Å². The molecule has 0 saturated heterocycles. The second-order valence-corrected chi connectivity index (χ2v) is 8.17. The molecular formula is C20H16BrFN4O3S. The Bertz CT molecular complexity index is 1240. The second-order valence-electron chi connectivity index (χ2n) is 6.31. The first-order valence-electron chi connectivity index (χ1n) is 8.95. The molecule has 0 spiro atoms. The lowest BCUT2D eigenvalue weighted by molar-refractivity contribution is 0.183. The van der Waals surface area contributed by atoms with Crippen molar-refractivity contribution in [3.05, 3.63) is 69.0 Å². The van der Waals surface area contributed by atoms with Crippen molar-refractivity contribution >= 4 is 38.6 Å². The van der Waals surface area contributed by atoms with Crippen LogP contribution in [0.25, 0.3) is 22.3 Å². The number of hydrogen-bond donors (Lipinski definition) is 0. The fourth-order valence-electron chi connectivity index (χ4n) is 2.82. The highest BCUT2D eigenvalue weighted by Crippen LogP contribution is 2.24. The molecule has 0 N–H and O–H groups in total. The van der Waals surface area contributed by atoms with Crippen LogP contribution in [0.4, 0.5) is 4.39 Å². The quantitative estimate of drug-likeness (QED) is 0.282. The van der Waals surface area contributed by atoms with Crippen LogP contribution in [0.3, 0.4) is 0 Å². The second kappa shape index (κ2) is 9.07. The summed E-state index contributed by atoms with van der Waals surface area (Å²) in [6.07, 6.45) is 0. The summed E-state index contributed by atoms with van der Waals surface area (Å²) in [6, 6.07) is 11.2. The molecule has 0 aliphatic rings. The molecular weight excluding hydrogens is 475 g/mol. The van der Waals surface area contributed by atoms with Gasteiger partial charge >= 0.3 is 0 Å². The number of methoxy groups -OCH3 is 1. The molecule has 4 aromatic rings. The van der Waals surface area contributed by atoms with Gasteiger partial charge < -0.3 is 9.26 Å². The van der Waals surface area contributed by atoms with Crippen LogP contribution < -0.4 is 5.56 Å². The lowest BCUT2D eigenvalue weighted by atomic mass is 10.2. The zero-order chi connectivity index (χ0) is 21.1. The Morgan fingerprint density at radius 1 is 1.20 bits per heavy atom. The molecule has 0 saturated carbocycles. The highest BCUT2D eigenvalue weighted by atomic mass is 79.9. The van der Waals surface area contributed by atoms with E-state index in [4.69, 9.17) is 9.26 Å². The smallest absolute Gasteiger partial charge is 0.262 e. The van der Waals surface area contributed by atoms with Crippen molar-refractivity contribution in [2.75, 3.05) is 13.7 Å². The van der Waals surface area contributed by atoms with E-state index in [1.165, 1.54) is 23.9 Å². The molecule has 0 radical (unpaired) electrons. The zero-order valence-corrected chi connectivity index (χ0v) is 18.2. The molecule has 0 bridgehead atoms. The summed E-state index contributed by atoms with van der Waals surface area (Å²) in [4.78, 5) is 22.0. The van der Waals surface area contributed by atoms with Crippen molar-refractivity contribution < 1.29 is 13.7 Å². The Labute approximate surface area is 183 Å². The Kier molecular flexibility index (Phi) is 6.26. The number of nitrogens with zero attached hydrogens (tertiary/aromatic N) is 4. The van der Waals surface area contributed by atoms with Crippen molar-refractivity contribution in [1.82, 2.24) is 19.7 Å². The molecule has 0 fully saturated rings. The molecule has 30 heavy (non-hydrogen) atoms. The van der Waals surface area contributed by atoms with Crippen LogP contribution in [0.15, 0.2) is 61.4 Å². The summed E-state index contributed by atoms with van der Waals surface area (Å²) in [5, 5.41) is 5.01.